The molecule has 0 spiro atoms. The van der Waals surface area contributed by atoms with Crippen LogP contribution >= 0.6 is 34.8 Å². The van der Waals surface area contributed by atoms with Crippen LogP contribution in [0.4, 0.5) is 29.1 Å². The van der Waals surface area contributed by atoms with Gasteiger partial charge in [-0.15, -0.1) is 23.2 Å². The summed E-state index contributed by atoms with van der Waals surface area (Å²) in [5.41, 5.74) is 0.180. The lowest BCUT2D eigenvalue weighted by molar-refractivity contribution is -0.117. The third-order valence-corrected chi connectivity index (χ3v) is 6.65. The number of hydrogen-bond acceptors (Lipinski definition) is 3. The minimum Gasteiger partial charge on any atom is -0.326 e. The number of rotatable bonds is 6. The van der Waals surface area contributed by atoms with Gasteiger partial charge in [0.2, 0.25) is 5.91 Å². The smallest absolute Gasteiger partial charge is 0.263 e. The molecule has 2 N–H and O–H groups in total. The second-order valence-electron chi connectivity index (χ2n) is 7.72. The average molecular weight is 547 g/mol. The zero-order valence-electron chi connectivity index (χ0n) is 17.3. The Labute approximate surface area is 211 Å². The number of hydrogen-bond donors (Lipinski definition) is 2. The Bertz CT molecular complexity index is 1320. The summed E-state index contributed by atoms with van der Waals surface area (Å²) < 4.78 is 51.4. The molecule has 3 aromatic rings. The van der Waals surface area contributed by atoms with E-state index < -0.39 is 51.9 Å². The molecule has 1 aromatic heterocycles. The van der Waals surface area contributed by atoms with Crippen molar-refractivity contribution < 1.29 is 27.2 Å². The molecule has 2 atom stereocenters. The van der Waals surface area contributed by atoms with Crippen molar-refractivity contribution in [1.82, 2.24) is 4.98 Å². The van der Waals surface area contributed by atoms with Crippen molar-refractivity contribution in [2.24, 2.45) is 5.92 Å². The van der Waals surface area contributed by atoms with E-state index in [1.54, 1.807) is 6.07 Å². The number of nitrogens with one attached hydrogen (secondary N) is 2. The largest absolute Gasteiger partial charge is 0.326 e. The third-order valence-electron chi connectivity index (χ3n) is 5.38. The second-order valence-corrected chi connectivity index (χ2v) is 9.57. The topological polar surface area (TPSA) is 71.1 Å². The number of anilines is 2. The number of pyridine rings is 1. The van der Waals surface area contributed by atoms with Crippen LogP contribution in [0.3, 0.4) is 0 Å². The van der Waals surface area contributed by atoms with Gasteiger partial charge in [-0.05, 0) is 29.8 Å². The maximum Gasteiger partial charge on any atom is 0.263 e. The van der Waals surface area contributed by atoms with E-state index in [0.717, 1.165) is 6.20 Å². The third kappa shape index (κ3) is 5.22. The Balaban J connectivity index is 1.51. The molecule has 5 nitrogen and oxygen atoms in total. The quantitative estimate of drug-likeness (QED) is 0.266. The van der Waals surface area contributed by atoms with Crippen LogP contribution in [0.25, 0.3) is 0 Å². The molecule has 2 amide bonds. The van der Waals surface area contributed by atoms with Gasteiger partial charge in [-0.1, -0.05) is 29.8 Å². The first-order valence-corrected chi connectivity index (χ1v) is 11.1. The lowest BCUT2D eigenvalue weighted by Gasteiger charge is -2.10. The number of aromatic nitrogens is 1. The SMILES string of the molecule is O=C(Nc1ncc(F)cc1F)c1cc(NC(=O)[C@H]2[C@H](c3cccc(C(F)F)c3)C2(Cl)Cl)ccc1Cl. The minimum absolute atomic E-state index is 0.0137. The molecule has 4 rings (SSSR count). The van der Waals surface area contributed by atoms with E-state index in [9.17, 15) is 27.2 Å². The monoisotopic (exact) mass is 545 g/mol. The molecule has 1 aliphatic carbocycles. The molecular weight excluding hydrogens is 533 g/mol. The maximum absolute atomic E-state index is 13.8. The van der Waals surface area contributed by atoms with Crippen LogP contribution in [-0.4, -0.2) is 21.1 Å². The van der Waals surface area contributed by atoms with Gasteiger partial charge in [-0.25, -0.2) is 22.5 Å². The van der Waals surface area contributed by atoms with Crippen LogP contribution in [-0.2, 0) is 4.79 Å². The van der Waals surface area contributed by atoms with Gasteiger partial charge in [0.1, 0.15) is 10.2 Å². The van der Waals surface area contributed by atoms with Crippen LogP contribution in [0, 0.1) is 17.6 Å². The van der Waals surface area contributed by atoms with Gasteiger partial charge >= 0.3 is 0 Å². The predicted octanol–water partition coefficient (Wildman–Crippen LogP) is 6.73. The molecule has 0 saturated heterocycles. The van der Waals surface area contributed by atoms with Crippen molar-refractivity contribution in [2.45, 2.75) is 16.7 Å². The van der Waals surface area contributed by atoms with Gasteiger partial charge in [0.25, 0.3) is 12.3 Å². The van der Waals surface area contributed by atoms with E-state index in [1.165, 1.54) is 36.4 Å². The average Bonchev–Trinajstić information content (AvgIpc) is 3.39. The molecular formula is C23H14Cl3F4N3O2. The van der Waals surface area contributed by atoms with Crippen molar-refractivity contribution in [3.05, 3.63) is 88.1 Å². The van der Waals surface area contributed by atoms with Gasteiger partial charge in [-0.3, -0.25) is 9.59 Å². The summed E-state index contributed by atoms with van der Waals surface area (Å²) >= 11 is 18.6. The highest BCUT2D eigenvalue weighted by atomic mass is 35.5. The number of amides is 2. The highest BCUT2D eigenvalue weighted by Crippen LogP contribution is 2.65. The summed E-state index contributed by atoms with van der Waals surface area (Å²) in [6.45, 7) is 0. The summed E-state index contributed by atoms with van der Waals surface area (Å²) in [4.78, 5) is 28.9. The highest BCUT2D eigenvalue weighted by molar-refractivity contribution is 6.53. The second kappa shape index (κ2) is 9.64. The maximum atomic E-state index is 13.8. The molecule has 0 radical (unpaired) electrons. The first-order valence-electron chi connectivity index (χ1n) is 9.97. The number of carbonyl (C=O) groups excluding carboxylic acids is 2. The Morgan fingerprint density at radius 3 is 2.46 bits per heavy atom. The Hall–Kier alpha value is -2.88. The molecule has 182 valence electrons. The van der Waals surface area contributed by atoms with Crippen LogP contribution in [0.2, 0.25) is 5.02 Å². The standard InChI is InChI=1S/C23H14Cl3F4N3O2/c24-15-5-4-13(8-14(15)21(34)33-20-16(28)7-12(27)9-31-20)32-22(35)18-17(23(18,25)26)10-2-1-3-11(6-10)19(29)30/h1-9,17-19H,(H,32,35)(H,31,33,34)/t17-,18+/m0/s1. The molecule has 0 aliphatic heterocycles. The summed E-state index contributed by atoms with van der Waals surface area (Å²) in [7, 11) is 0. The normalized spacial score (nSPS) is 18.3. The predicted molar refractivity (Wildman–Crippen MR) is 124 cm³/mol. The van der Waals surface area contributed by atoms with E-state index in [1.807, 2.05) is 0 Å². The van der Waals surface area contributed by atoms with Crippen LogP contribution in [0.1, 0.15) is 33.8 Å². The van der Waals surface area contributed by atoms with Crippen molar-refractivity contribution >= 4 is 58.1 Å². The van der Waals surface area contributed by atoms with Crippen LogP contribution < -0.4 is 10.6 Å². The first-order chi connectivity index (χ1) is 16.5. The number of alkyl halides is 4. The van der Waals surface area contributed by atoms with Gasteiger partial charge in [-0.2, -0.15) is 0 Å². The summed E-state index contributed by atoms with van der Waals surface area (Å²) in [5.74, 6) is -5.67. The van der Waals surface area contributed by atoms with E-state index in [4.69, 9.17) is 34.8 Å². The Morgan fingerprint density at radius 1 is 1.03 bits per heavy atom. The minimum atomic E-state index is -2.70. The van der Waals surface area contributed by atoms with Gasteiger partial charge in [0.05, 0.1) is 22.7 Å². The van der Waals surface area contributed by atoms with Gasteiger partial charge < -0.3 is 10.6 Å². The molecule has 1 fully saturated rings. The fraction of sp³-hybridized carbons (Fsp3) is 0.174. The van der Waals surface area contributed by atoms with Crippen molar-refractivity contribution in [2.75, 3.05) is 10.6 Å². The van der Waals surface area contributed by atoms with E-state index >= 15 is 0 Å². The van der Waals surface area contributed by atoms with Crippen molar-refractivity contribution in [1.29, 1.82) is 0 Å². The molecule has 2 aromatic carbocycles. The molecule has 35 heavy (non-hydrogen) atoms. The first kappa shape index (κ1) is 25.2. The number of carbonyl (C=O) groups is 2. The van der Waals surface area contributed by atoms with Crippen molar-refractivity contribution in [3.8, 4) is 0 Å². The molecule has 1 saturated carbocycles. The Kier molecular flexibility index (Phi) is 6.95. The summed E-state index contributed by atoms with van der Waals surface area (Å²) in [6, 6.07) is 10.00. The fourth-order valence-electron chi connectivity index (χ4n) is 3.63. The molecule has 12 heteroatoms. The van der Waals surface area contributed by atoms with Gasteiger partial charge in [0.15, 0.2) is 11.6 Å². The van der Waals surface area contributed by atoms with Gasteiger partial charge in [0, 0.05) is 23.2 Å². The van der Waals surface area contributed by atoms with Crippen LogP contribution in [0.15, 0.2) is 54.7 Å². The van der Waals surface area contributed by atoms with E-state index in [0.29, 0.717) is 11.6 Å². The Morgan fingerprint density at radius 2 is 1.77 bits per heavy atom. The fourth-order valence-corrected chi connectivity index (χ4v) is 4.67. The molecule has 1 heterocycles. The summed E-state index contributed by atoms with van der Waals surface area (Å²) in [6.07, 6.45) is -1.97. The lowest BCUT2D eigenvalue weighted by Crippen LogP contribution is -2.18. The lowest BCUT2D eigenvalue weighted by atomic mass is 10.1. The van der Waals surface area contributed by atoms with E-state index in [2.05, 4.69) is 15.6 Å². The zero-order chi connectivity index (χ0) is 25.5. The van der Waals surface area contributed by atoms with Crippen LogP contribution in [0.5, 0.6) is 0 Å². The molecule has 0 bridgehead atoms. The summed E-state index contributed by atoms with van der Waals surface area (Å²) in [5, 5.41) is 4.73. The highest BCUT2D eigenvalue weighted by Gasteiger charge is 2.67. The van der Waals surface area contributed by atoms with Crippen molar-refractivity contribution in [3.63, 3.8) is 0 Å². The number of benzene rings is 2. The molecule has 0 unspecified atom stereocenters. The molecule has 1 aliphatic rings. The number of nitrogens with zero attached hydrogens (tertiary/aromatic N) is 1. The zero-order valence-corrected chi connectivity index (χ0v) is 19.6. The van der Waals surface area contributed by atoms with E-state index in [-0.39, 0.29) is 21.8 Å². The number of halogens is 7.